The Balaban J connectivity index is 1.27. The van der Waals surface area contributed by atoms with Gasteiger partial charge < -0.3 is 14.3 Å². The summed E-state index contributed by atoms with van der Waals surface area (Å²) in [4.78, 5) is 15.1. The molecule has 5 aromatic rings. The monoisotopic (exact) mass is 627 g/mol. The molecule has 0 bridgehead atoms. The third-order valence-electron chi connectivity index (χ3n) is 9.01. The van der Waals surface area contributed by atoms with Gasteiger partial charge in [-0.1, -0.05) is 130 Å². The Morgan fingerprint density at radius 3 is 1.74 bits per heavy atom. The number of para-hydroxylation sites is 2. The Morgan fingerprint density at radius 2 is 1.24 bits per heavy atom. The number of nitrogens with zero attached hydrogens (tertiary/aromatic N) is 1. The van der Waals surface area contributed by atoms with E-state index in [9.17, 15) is 9.90 Å². The van der Waals surface area contributed by atoms with Crippen molar-refractivity contribution in [1.82, 2.24) is 0 Å². The zero-order chi connectivity index (χ0) is 32.1. The van der Waals surface area contributed by atoms with E-state index in [1.54, 1.807) is 4.90 Å². The van der Waals surface area contributed by atoms with Crippen LogP contribution < -0.4 is 19.7 Å². The summed E-state index contributed by atoms with van der Waals surface area (Å²) in [6.45, 7) is 6.90. The fourth-order valence-electron chi connectivity index (χ4n) is 6.71. The Bertz CT molecular complexity index is 1660. The average Bonchev–Trinajstić information content (AvgIpc) is 3.08. The molecule has 0 spiro atoms. The third-order valence-corrected chi connectivity index (χ3v) is 13.9. The van der Waals surface area contributed by atoms with Crippen molar-refractivity contribution in [1.29, 1.82) is 0 Å². The molecule has 1 aliphatic carbocycles. The predicted molar refractivity (Wildman–Crippen MR) is 188 cm³/mol. The number of hydrogen-bond donors (Lipinski definition) is 1. The van der Waals surface area contributed by atoms with Crippen LogP contribution in [-0.4, -0.2) is 26.1 Å². The van der Waals surface area contributed by atoms with Gasteiger partial charge in [0.1, 0.15) is 5.75 Å². The molecule has 1 amide bonds. The molecule has 0 radical (unpaired) electrons. The molecular weight excluding hydrogens is 587 g/mol. The number of benzene rings is 5. The summed E-state index contributed by atoms with van der Waals surface area (Å²) in [6, 6.07) is 46.1. The number of ether oxygens (including phenoxy) is 1. The van der Waals surface area contributed by atoms with Crippen LogP contribution in [0, 0.1) is 5.92 Å². The minimum atomic E-state index is -2.85. The first-order valence-corrected chi connectivity index (χ1v) is 17.9. The SMILES string of the molecule is CC(C)(C)[Si](Oc1cccc2c1CCC(COC(=O)N(c1ccccc1)c1ccccc1)C2O)(c1ccccc1)c1ccccc1. The minimum absolute atomic E-state index is 0.107. The lowest BCUT2D eigenvalue weighted by Crippen LogP contribution is -2.69. The maximum Gasteiger partial charge on any atom is 0.418 e. The number of carbonyl (C=O) groups excluding carboxylic acids is 1. The van der Waals surface area contributed by atoms with Gasteiger partial charge >= 0.3 is 14.4 Å². The molecule has 1 aliphatic rings. The van der Waals surface area contributed by atoms with E-state index in [2.05, 4.69) is 69.3 Å². The number of aliphatic hydroxyl groups is 1. The van der Waals surface area contributed by atoms with E-state index in [1.165, 1.54) is 10.4 Å². The van der Waals surface area contributed by atoms with Crippen LogP contribution in [0.4, 0.5) is 16.2 Å². The third kappa shape index (κ3) is 6.11. The van der Waals surface area contributed by atoms with E-state index in [4.69, 9.17) is 9.16 Å². The summed E-state index contributed by atoms with van der Waals surface area (Å²) in [6.07, 6.45) is 0.115. The molecule has 0 saturated heterocycles. The van der Waals surface area contributed by atoms with Crippen LogP contribution in [0.1, 0.15) is 44.4 Å². The Kier molecular flexibility index (Phi) is 9.11. The number of carbonyl (C=O) groups is 1. The fourth-order valence-corrected chi connectivity index (χ4v) is 11.2. The zero-order valence-corrected chi connectivity index (χ0v) is 27.7. The van der Waals surface area contributed by atoms with Gasteiger partial charge in [-0.05, 0) is 69.7 Å². The lowest BCUT2D eigenvalue weighted by atomic mass is 9.81. The van der Waals surface area contributed by atoms with E-state index in [0.29, 0.717) is 12.8 Å². The normalized spacial score (nSPS) is 16.3. The van der Waals surface area contributed by atoms with Crippen LogP contribution >= 0.6 is 0 Å². The number of fused-ring (bicyclic) bond motifs is 1. The lowest BCUT2D eigenvalue weighted by molar-refractivity contribution is 0.0443. The summed E-state index contributed by atoms with van der Waals surface area (Å²) in [5.41, 5.74) is 3.31. The molecule has 1 N–H and O–H groups in total. The van der Waals surface area contributed by atoms with Gasteiger partial charge in [0, 0.05) is 5.92 Å². The van der Waals surface area contributed by atoms with Crippen LogP contribution in [0.5, 0.6) is 5.75 Å². The second kappa shape index (κ2) is 13.4. The molecule has 5 nitrogen and oxygen atoms in total. The number of hydrogen-bond acceptors (Lipinski definition) is 4. The van der Waals surface area contributed by atoms with E-state index in [1.807, 2.05) is 91.0 Å². The summed E-state index contributed by atoms with van der Waals surface area (Å²) in [5.74, 6) is 0.577. The molecule has 5 aromatic carbocycles. The van der Waals surface area contributed by atoms with Crippen LogP contribution in [0.3, 0.4) is 0 Å². The lowest BCUT2D eigenvalue weighted by Gasteiger charge is -2.44. The molecule has 46 heavy (non-hydrogen) atoms. The van der Waals surface area contributed by atoms with Gasteiger partial charge in [-0.2, -0.15) is 0 Å². The van der Waals surface area contributed by atoms with Gasteiger partial charge in [0.2, 0.25) is 0 Å². The van der Waals surface area contributed by atoms with E-state index >= 15 is 0 Å². The molecule has 6 rings (SSSR count). The standard InChI is InChI=1S/C40H41NO4Si/c1-40(2,3)46(33-21-12-6-13-22-33,34-23-14-7-15-24-34)45-37-26-16-25-36-35(37)28-27-30(38(36)42)29-44-39(43)41(31-17-8-4-9-18-31)32-19-10-5-11-20-32/h4-26,30,38,42H,27-29H2,1-3H3. The smallest absolute Gasteiger partial charge is 0.418 e. The maximum absolute atomic E-state index is 13.5. The van der Waals surface area contributed by atoms with Gasteiger partial charge in [-0.3, -0.25) is 0 Å². The highest BCUT2D eigenvalue weighted by Gasteiger charge is 2.52. The van der Waals surface area contributed by atoms with Gasteiger partial charge in [0.15, 0.2) is 0 Å². The van der Waals surface area contributed by atoms with Gasteiger partial charge in [0.05, 0.1) is 24.1 Å². The quantitative estimate of drug-likeness (QED) is 0.176. The maximum atomic E-state index is 13.5. The van der Waals surface area contributed by atoms with Crippen molar-refractivity contribution in [3.63, 3.8) is 0 Å². The predicted octanol–water partition coefficient (Wildman–Crippen LogP) is 8.20. The Hall–Kier alpha value is -4.65. The summed E-state index contributed by atoms with van der Waals surface area (Å²) < 4.78 is 13.3. The molecule has 0 heterocycles. The highest BCUT2D eigenvalue weighted by atomic mass is 28.4. The van der Waals surface area contributed by atoms with E-state index in [0.717, 1.165) is 28.3 Å². The van der Waals surface area contributed by atoms with Crippen molar-refractivity contribution in [3.8, 4) is 5.75 Å². The average molecular weight is 628 g/mol. The molecule has 0 aromatic heterocycles. The van der Waals surface area contributed by atoms with Crippen molar-refractivity contribution in [2.24, 2.45) is 5.92 Å². The van der Waals surface area contributed by atoms with Crippen LogP contribution in [0.2, 0.25) is 5.04 Å². The van der Waals surface area contributed by atoms with Gasteiger partial charge in [-0.15, -0.1) is 0 Å². The molecular formula is C40H41NO4Si. The first kappa shape index (κ1) is 31.3. The molecule has 0 aliphatic heterocycles. The first-order valence-electron chi connectivity index (χ1n) is 16.0. The number of rotatable bonds is 8. The van der Waals surface area contributed by atoms with Crippen LogP contribution in [0.15, 0.2) is 140 Å². The van der Waals surface area contributed by atoms with Crippen molar-refractivity contribution >= 4 is 36.2 Å². The van der Waals surface area contributed by atoms with E-state index in [-0.39, 0.29) is 17.6 Å². The topological polar surface area (TPSA) is 59.0 Å². The number of aliphatic hydroxyl groups excluding tert-OH is 1. The molecule has 2 unspecified atom stereocenters. The van der Waals surface area contributed by atoms with Crippen molar-refractivity contribution in [3.05, 3.63) is 151 Å². The van der Waals surface area contributed by atoms with Crippen LogP contribution in [-0.2, 0) is 11.2 Å². The summed E-state index contributed by atoms with van der Waals surface area (Å²) >= 11 is 0. The molecule has 2 atom stereocenters. The Labute approximate surface area is 273 Å². The van der Waals surface area contributed by atoms with Crippen molar-refractivity contribution in [2.45, 2.75) is 44.8 Å². The van der Waals surface area contributed by atoms with Gasteiger partial charge in [0.25, 0.3) is 0 Å². The summed E-state index contributed by atoms with van der Waals surface area (Å²) in [7, 11) is -2.85. The van der Waals surface area contributed by atoms with Crippen molar-refractivity contribution in [2.75, 3.05) is 11.5 Å². The second-order valence-electron chi connectivity index (χ2n) is 12.9. The molecule has 234 valence electrons. The Morgan fingerprint density at radius 1 is 0.739 bits per heavy atom. The van der Waals surface area contributed by atoms with Crippen molar-refractivity contribution < 1.29 is 19.1 Å². The van der Waals surface area contributed by atoms with Crippen LogP contribution in [0.25, 0.3) is 0 Å². The van der Waals surface area contributed by atoms with Gasteiger partial charge in [-0.25, -0.2) is 9.69 Å². The highest BCUT2D eigenvalue weighted by Crippen LogP contribution is 2.43. The highest BCUT2D eigenvalue weighted by molar-refractivity contribution is 7.00. The minimum Gasteiger partial charge on any atom is -0.534 e. The second-order valence-corrected chi connectivity index (χ2v) is 17.1. The molecule has 6 heteroatoms. The fraction of sp³-hybridized carbons (Fsp3) is 0.225. The van der Waals surface area contributed by atoms with E-state index < -0.39 is 20.5 Å². The number of anilines is 2. The molecule has 0 saturated carbocycles. The zero-order valence-electron chi connectivity index (χ0n) is 26.7. The first-order chi connectivity index (χ1) is 22.3. The number of amides is 1. The largest absolute Gasteiger partial charge is 0.534 e. The molecule has 0 fully saturated rings. The summed E-state index contributed by atoms with van der Waals surface area (Å²) in [5, 5.41) is 13.9.